The molecule has 0 radical (unpaired) electrons. The molecule has 2 aliphatic rings. The minimum atomic E-state index is 0.736. The number of fused-ring (bicyclic) bond motifs is 1. The molecule has 1 heterocycles. The van der Waals surface area contributed by atoms with Gasteiger partial charge in [0.05, 0.1) is 0 Å². The van der Waals surface area contributed by atoms with Crippen molar-refractivity contribution in [3.63, 3.8) is 0 Å². The quantitative estimate of drug-likeness (QED) is 0.793. The van der Waals surface area contributed by atoms with Gasteiger partial charge < -0.3 is 5.32 Å². The van der Waals surface area contributed by atoms with E-state index in [1.807, 2.05) is 0 Å². The van der Waals surface area contributed by atoms with E-state index in [2.05, 4.69) is 37.9 Å². The monoisotopic (exact) mass is 280 g/mol. The number of rotatable bonds is 6. The third kappa shape index (κ3) is 4.21. The number of hydrogen-bond acceptors (Lipinski definition) is 2. The molecule has 0 amide bonds. The van der Waals surface area contributed by atoms with Crippen LogP contribution in [0, 0.1) is 17.8 Å². The van der Waals surface area contributed by atoms with Crippen LogP contribution in [0.1, 0.15) is 66.2 Å². The van der Waals surface area contributed by atoms with Gasteiger partial charge in [-0.1, -0.05) is 40.5 Å². The molecule has 2 nitrogen and oxygen atoms in total. The zero-order chi connectivity index (χ0) is 14.5. The summed E-state index contributed by atoms with van der Waals surface area (Å²) in [5.41, 5.74) is 0. The Labute approximate surface area is 126 Å². The van der Waals surface area contributed by atoms with Crippen LogP contribution in [0.3, 0.4) is 0 Å². The molecule has 0 spiro atoms. The van der Waals surface area contributed by atoms with Crippen LogP contribution in [0.2, 0.25) is 0 Å². The standard InChI is InChI=1S/C18H36N2/c1-14(2)12-19-13-18(15(3)4)20-11-7-9-16-8-5-6-10-17(16)20/h14-19H,5-13H2,1-4H3. The average Bonchev–Trinajstić information content (AvgIpc) is 2.42. The number of likely N-dealkylation sites (tertiary alicyclic amines) is 1. The van der Waals surface area contributed by atoms with Crippen molar-refractivity contribution in [2.45, 2.75) is 78.3 Å². The van der Waals surface area contributed by atoms with Gasteiger partial charge in [-0.05, 0) is 56.5 Å². The summed E-state index contributed by atoms with van der Waals surface area (Å²) in [7, 11) is 0. The fourth-order valence-electron chi connectivity index (χ4n) is 4.33. The van der Waals surface area contributed by atoms with Crippen LogP contribution in [0.5, 0.6) is 0 Å². The molecule has 1 saturated heterocycles. The molecule has 2 rings (SSSR count). The molecular weight excluding hydrogens is 244 g/mol. The van der Waals surface area contributed by atoms with E-state index in [1.165, 1.54) is 51.6 Å². The van der Waals surface area contributed by atoms with E-state index in [-0.39, 0.29) is 0 Å². The van der Waals surface area contributed by atoms with E-state index in [0.717, 1.165) is 36.4 Å². The third-order valence-corrected chi connectivity index (χ3v) is 5.39. The SMILES string of the molecule is CC(C)CNCC(C(C)C)N1CCCC2CCCCC21. The minimum absolute atomic E-state index is 0.736. The molecule has 3 unspecified atom stereocenters. The second kappa shape index (κ2) is 7.79. The fourth-order valence-corrected chi connectivity index (χ4v) is 4.33. The topological polar surface area (TPSA) is 15.3 Å². The van der Waals surface area contributed by atoms with Gasteiger partial charge in [-0.15, -0.1) is 0 Å². The van der Waals surface area contributed by atoms with Gasteiger partial charge in [-0.25, -0.2) is 0 Å². The maximum atomic E-state index is 3.72. The Balaban J connectivity index is 1.95. The minimum Gasteiger partial charge on any atom is -0.315 e. The van der Waals surface area contributed by atoms with Crippen molar-refractivity contribution in [1.82, 2.24) is 10.2 Å². The van der Waals surface area contributed by atoms with Gasteiger partial charge in [0.15, 0.2) is 0 Å². The highest BCUT2D eigenvalue weighted by molar-refractivity contribution is 4.92. The van der Waals surface area contributed by atoms with Crippen molar-refractivity contribution in [3.05, 3.63) is 0 Å². The van der Waals surface area contributed by atoms with Crippen LogP contribution in [0.4, 0.5) is 0 Å². The van der Waals surface area contributed by atoms with Gasteiger partial charge in [0.1, 0.15) is 0 Å². The fraction of sp³-hybridized carbons (Fsp3) is 1.00. The Kier molecular flexibility index (Phi) is 6.35. The Morgan fingerprint density at radius 1 is 0.950 bits per heavy atom. The van der Waals surface area contributed by atoms with Crippen LogP contribution < -0.4 is 5.32 Å². The molecule has 0 aromatic heterocycles. The number of nitrogens with zero attached hydrogens (tertiary/aromatic N) is 1. The zero-order valence-electron chi connectivity index (χ0n) is 14.2. The summed E-state index contributed by atoms with van der Waals surface area (Å²) in [5.74, 6) is 2.52. The Hall–Kier alpha value is -0.0800. The van der Waals surface area contributed by atoms with E-state index in [4.69, 9.17) is 0 Å². The molecule has 3 atom stereocenters. The van der Waals surface area contributed by atoms with E-state index in [1.54, 1.807) is 0 Å². The molecule has 1 saturated carbocycles. The van der Waals surface area contributed by atoms with Crippen molar-refractivity contribution >= 4 is 0 Å². The van der Waals surface area contributed by atoms with Crippen LogP contribution in [-0.4, -0.2) is 36.6 Å². The molecule has 0 aromatic carbocycles. The van der Waals surface area contributed by atoms with Crippen LogP contribution in [0.25, 0.3) is 0 Å². The van der Waals surface area contributed by atoms with Gasteiger partial charge in [0, 0.05) is 18.6 Å². The summed E-state index contributed by atoms with van der Waals surface area (Å²) < 4.78 is 0. The number of nitrogens with one attached hydrogen (secondary N) is 1. The Morgan fingerprint density at radius 2 is 1.65 bits per heavy atom. The van der Waals surface area contributed by atoms with Gasteiger partial charge >= 0.3 is 0 Å². The van der Waals surface area contributed by atoms with Crippen LogP contribution >= 0.6 is 0 Å². The molecule has 0 bridgehead atoms. The molecule has 2 fully saturated rings. The van der Waals surface area contributed by atoms with Crippen molar-refractivity contribution in [3.8, 4) is 0 Å². The summed E-state index contributed by atoms with van der Waals surface area (Å²) in [5, 5.41) is 3.72. The predicted molar refractivity (Wildman–Crippen MR) is 88.0 cm³/mol. The van der Waals surface area contributed by atoms with Gasteiger partial charge in [0.2, 0.25) is 0 Å². The zero-order valence-corrected chi connectivity index (χ0v) is 14.2. The van der Waals surface area contributed by atoms with E-state index in [0.29, 0.717) is 0 Å². The van der Waals surface area contributed by atoms with Crippen molar-refractivity contribution in [2.24, 2.45) is 17.8 Å². The first-order valence-electron chi connectivity index (χ1n) is 9.06. The lowest BCUT2D eigenvalue weighted by atomic mass is 9.77. The second-order valence-electron chi connectivity index (χ2n) is 7.86. The van der Waals surface area contributed by atoms with E-state index >= 15 is 0 Å². The Morgan fingerprint density at radius 3 is 2.35 bits per heavy atom. The first-order valence-corrected chi connectivity index (χ1v) is 9.06. The van der Waals surface area contributed by atoms with E-state index in [9.17, 15) is 0 Å². The molecule has 0 aromatic rings. The Bertz CT molecular complexity index is 273. The average molecular weight is 280 g/mol. The van der Waals surface area contributed by atoms with Gasteiger partial charge in [0.25, 0.3) is 0 Å². The second-order valence-corrected chi connectivity index (χ2v) is 7.86. The summed E-state index contributed by atoms with van der Waals surface area (Å²) in [6.45, 7) is 13.1. The lowest BCUT2D eigenvalue weighted by molar-refractivity contribution is 0.0100. The molecule has 1 N–H and O–H groups in total. The highest BCUT2D eigenvalue weighted by Gasteiger charge is 2.37. The van der Waals surface area contributed by atoms with Crippen molar-refractivity contribution < 1.29 is 0 Å². The number of piperidine rings is 1. The maximum absolute atomic E-state index is 3.72. The molecule has 2 heteroatoms. The first-order chi connectivity index (χ1) is 9.59. The highest BCUT2D eigenvalue weighted by Crippen LogP contribution is 2.37. The summed E-state index contributed by atoms with van der Waals surface area (Å²) in [4.78, 5) is 2.89. The summed E-state index contributed by atoms with van der Waals surface area (Å²) in [6, 6.07) is 1.63. The molecule has 1 aliphatic carbocycles. The highest BCUT2D eigenvalue weighted by atomic mass is 15.2. The predicted octanol–water partition coefficient (Wildman–Crippen LogP) is 3.91. The largest absolute Gasteiger partial charge is 0.315 e. The van der Waals surface area contributed by atoms with Crippen molar-refractivity contribution in [1.29, 1.82) is 0 Å². The number of hydrogen-bond donors (Lipinski definition) is 1. The molecular formula is C18H36N2. The van der Waals surface area contributed by atoms with Crippen molar-refractivity contribution in [2.75, 3.05) is 19.6 Å². The lowest BCUT2D eigenvalue weighted by Crippen LogP contribution is -2.56. The summed E-state index contributed by atoms with van der Waals surface area (Å²) in [6.07, 6.45) is 8.80. The van der Waals surface area contributed by atoms with Gasteiger partial charge in [-0.3, -0.25) is 4.90 Å². The third-order valence-electron chi connectivity index (χ3n) is 5.39. The molecule has 20 heavy (non-hydrogen) atoms. The lowest BCUT2D eigenvalue weighted by Gasteiger charge is -2.49. The first kappa shape index (κ1) is 16.3. The van der Waals surface area contributed by atoms with E-state index < -0.39 is 0 Å². The van der Waals surface area contributed by atoms with Gasteiger partial charge in [-0.2, -0.15) is 0 Å². The smallest absolute Gasteiger partial charge is 0.0246 e. The van der Waals surface area contributed by atoms with Crippen LogP contribution in [0.15, 0.2) is 0 Å². The molecule has 118 valence electrons. The normalized spacial score (nSPS) is 29.7. The summed E-state index contributed by atoms with van der Waals surface area (Å²) >= 11 is 0. The molecule has 1 aliphatic heterocycles. The maximum Gasteiger partial charge on any atom is 0.0246 e. The van der Waals surface area contributed by atoms with Crippen LogP contribution in [-0.2, 0) is 0 Å².